The number of nitrogens with zero attached hydrogens (tertiary/aromatic N) is 3. The van der Waals surface area contributed by atoms with Crippen molar-refractivity contribution in [3.8, 4) is 0 Å². The Hall–Kier alpha value is -3.21. The third-order valence-electron chi connectivity index (χ3n) is 6.46. The van der Waals surface area contributed by atoms with Crippen LogP contribution in [0, 0.1) is 0 Å². The molecule has 0 spiro atoms. The summed E-state index contributed by atoms with van der Waals surface area (Å²) in [6.45, 7) is 0.473. The molecular weight excluding hydrogens is 374 g/mol. The fraction of sp³-hybridized carbons (Fsp3) is 0.320. The summed E-state index contributed by atoms with van der Waals surface area (Å²) in [4.78, 5) is 35.3. The summed E-state index contributed by atoms with van der Waals surface area (Å²) in [5, 5.41) is 0.808. The summed E-state index contributed by atoms with van der Waals surface area (Å²) in [5.74, 6) is -0.131. The number of carbonyl (C=O) groups excluding carboxylic acids is 2. The Labute approximate surface area is 176 Å². The number of anilines is 1. The van der Waals surface area contributed by atoms with E-state index in [0.29, 0.717) is 23.3 Å². The number of para-hydroxylation sites is 2. The first-order valence-corrected chi connectivity index (χ1v) is 10.7. The molecule has 5 rings (SSSR count). The molecule has 1 aliphatic carbocycles. The number of aromatic nitrogens is 1. The average Bonchev–Trinajstić information content (AvgIpc) is 3.13. The van der Waals surface area contributed by atoms with Crippen molar-refractivity contribution in [2.45, 2.75) is 44.7 Å². The van der Waals surface area contributed by atoms with Crippen LogP contribution in [-0.2, 0) is 6.54 Å². The van der Waals surface area contributed by atoms with E-state index in [0.717, 1.165) is 42.3 Å². The van der Waals surface area contributed by atoms with Gasteiger partial charge in [0.2, 0.25) is 0 Å². The van der Waals surface area contributed by atoms with Crippen molar-refractivity contribution in [3.05, 3.63) is 71.4 Å². The summed E-state index contributed by atoms with van der Waals surface area (Å²) >= 11 is 0. The Morgan fingerprint density at radius 2 is 1.70 bits per heavy atom. The SMILES string of the molecule is CN(C(=O)c1c2c(nc3ccccc13)C(=O)N(C1CCCCC1)C2)c1ccccc1. The van der Waals surface area contributed by atoms with Crippen LogP contribution < -0.4 is 4.90 Å². The number of fused-ring (bicyclic) bond motifs is 2. The molecule has 0 N–H and O–H groups in total. The van der Waals surface area contributed by atoms with Gasteiger partial charge in [0.25, 0.3) is 11.8 Å². The van der Waals surface area contributed by atoms with Crippen molar-refractivity contribution in [1.29, 1.82) is 0 Å². The Kier molecular flexibility index (Phi) is 4.74. The van der Waals surface area contributed by atoms with E-state index >= 15 is 0 Å². The minimum absolute atomic E-state index is 0.0286. The van der Waals surface area contributed by atoms with Gasteiger partial charge in [0.15, 0.2) is 0 Å². The molecule has 2 aromatic carbocycles. The minimum atomic E-state index is -0.102. The highest BCUT2D eigenvalue weighted by Gasteiger charge is 2.38. The number of benzene rings is 2. The Balaban J connectivity index is 1.62. The van der Waals surface area contributed by atoms with E-state index in [-0.39, 0.29) is 17.9 Å². The zero-order chi connectivity index (χ0) is 20.7. The van der Waals surface area contributed by atoms with E-state index in [1.807, 2.05) is 59.5 Å². The maximum Gasteiger partial charge on any atom is 0.273 e. The van der Waals surface area contributed by atoms with Crippen molar-refractivity contribution in [1.82, 2.24) is 9.88 Å². The fourth-order valence-corrected chi connectivity index (χ4v) is 4.83. The summed E-state index contributed by atoms with van der Waals surface area (Å²) in [6.07, 6.45) is 5.61. The molecule has 1 saturated carbocycles. The Bertz CT molecular complexity index is 1120. The number of hydrogen-bond donors (Lipinski definition) is 0. The molecule has 5 nitrogen and oxygen atoms in total. The van der Waals surface area contributed by atoms with E-state index in [9.17, 15) is 9.59 Å². The smallest absolute Gasteiger partial charge is 0.273 e. The van der Waals surface area contributed by atoms with Gasteiger partial charge >= 0.3 is 0 Å². The Morgan fingerprint density at radius 3 is 2.47 bits per heavy atom. The lowest BCUT2D eigenvalue weighted by Crippen LogP contribution is -2.37. The van der Waals surface area contributed by atoms with Crippen LogP contribution in [0.25, 0.3) is 10.9 Å². The van der Waals surface area contributed by atoms with Gasteiger partial charge in [-0.15, -0.1) is 0 Å². The number of amides is 2. The number of pyridine rings is 1. The predicted octanol–water partition coefficient (Wildman–Crippen LogP) is 4.80. The second-order valence-corrected chi connectivity index (χ2v) is 8.26. The maximum absolute atomic E-state index is 13.7. The molecule has 152 valence electrons. The van der Waals surface area contributed by atoms with Crippen molar-refractivity contribution in [2.75, 3.05) is 11.9 Å². The first-order valence-electron chi connectivity index (χ1n) is 10.7. The summed E-state index contributed by atoms with van der Waals surface area (Å²) in [6, 6.07) is 17.5. The molecule has 2 heterocycles. The van der Waals surface area contributed by atoms with E-state index in [1.165, 1.54) is 6.42 Å². The highest BCUT2D eigenvalue weighted by atomic mass is 16.2. The van der Waals surface area contributed by atoms with Crippen LogP contribution >= 0.6 is 0 Å². The maximum atomic E-state index is 13.7. The topological polar surface area (TPSA) is 53.5 Å². The van der Waals surface area contributed by atoms with Gasteiger partial charge in [0, 0.05) is 36.3 Å². The molecule has 2 amide bonds. The van der Waals surface area contributed by atoms with Gasteiger partial charge in [-0.2, -0.15) is 0 Å². The van der Waals surface area contributed by atoms with Crippen LogP contribution in [-0.4, -0.2) is 34.8 Å². The van der Waals surface area contributed by atoms with Crippen molar-refractivity contribution in [3.63, 3.8) is 0 Å². The summed E-state index contributed by atoms with van der Waals surface area (Å²) < 4.78 is 0. The lowest BCUT2D eigenvalue weighted by molar-refractivity contribution is 0.0655. The molecule has 30 heavy (non-hydrogen) atoms. The van der Waals surface area contributed by atoms with Crippen molar-refractivity contribution < 1.29 is 9.59 Å². The van der Waals surface area contributed by atoms with Crippen LogP contribution in [0.5, 0.6) is 0 Å². The average molecular weight is 399 g/mol. The summed E-state index contributed by atoms with van der Waals surface area (Å²) in [7, 11) is 1.79. The second-order valence-electron chi connectivity index (χ2n) is 8.26. The third-order valence-corrected chi connectivity index (χ3v) is 6.46. The molecule has 1 fully saturated rings. The van der Waals surface area contributed by atoms with Gasteiger partial charge in [0.1, 0.15) is 5.69 Å². The van der Waals surface area contributed by atoms with Crippen molar-refractivity contribution in [2.24, 2.45) is 0 Å². The Morgan fingerprint density at radius 1 is 1.00 bits per heavy atom. The molecule has 0 unspecified atom stereocenters. The molecule has 0 bridgehead atoms. The molecular formula is C25H25N3O2. The molecule has 5 heteroatoms. The molecule has 0 radical (unpaired) electrons. The van der Waals surface area contributed by atoms with Crippen LogP contribution in [0.15, 0.2) is 54.6 Å². The number of rotatable bonds is 3. The molecule has 0 atom stereocenters. The normalized spacial score (nSPS) is 16.7. The predicted molar refractivity (Wildman–Crippen MR) is 118 cm³/mol. The van der Waals surface area contributed by atoms with Gasteiger partial charge < -0.3 is 9.80 Å². The first-order chi connectivity index (χ1) is 14.6. The molecule has 0 saturated heterocycles. The fourth-order valence-electron chi connectivity index (χ4n) is 4.83. The highest BCUT2D eigenvalue weighted by molar-refractivity contribution is 6.17. The van der Waals surface area contributed by atoms with E-state index in [4.69, 9.17) is 4.98 Å². The van der Waals surface area contributed by atoms with E-state index in [2.05, 4.69) is 0 Å². The lowest BCUT2D eigenvalue weighted by Gasteiger charge is -2.30. The van der Waals surface area contributed by atoms with Gasteiger partial charge in [-0.3, -0.25) is 9.59 Å². The molecule has 2 aliphatic rings. The molecule has 1 aliphatic heterocycles. The van der Waals surface area contributed by atoms with Gasteiger partial charge in [0.05, 0.1) is 11.1 Å². The van der Waals surface area contributed by atoms with Crippen molar-refractivity contribution >= 4 is 28.4 Å². The quantitative estimate of drug-likeness (QED) is 0.636. The molecule has 3 aromatic rings. The number of carbonyl (C=O) groups is 2. The largest absolute Gasteiger partial charge is 0.330 e. The van der Waals surface area contributed by atoms with Gasteiger partial charge in [-0.05, 0) is 31.0 Å². The summed E-state index contributed by atoms with van der Waals surface area (Å²) in [5.41, 5.74) is 3.35. The standard InChI is InChI=1S/C25H25N3O2/c1-27(17-10-4-2-5-11-17)24(29)22-19-14-8-9-15-21(19)26-23-20(22)16-28(25(23)30)18-12-6-3-7-13-18/h2,4-5,8-11,14-15,18H,3,6-7,12-13,16H2,1H3. The second kappa shape index (κ2) is 7.56. The molecule has 1 aromatic heterocycles. The lowest BCUT2D eigenvalue weighted by atomic mass is 9.94. The monoisotopic (exact) mass is 399 g/mol. The van der Waals surface area contributed by atoms with Crippen LogP contribution in [0.3, 0.4) is 0 Å². The zero-order valence-electron chi connectivity index (χ0n) is 17.2. The van der Waals surface area contributed by atoms with Gasteiger partial charge in [-0.25, -0.2) is 4.98 Å². The van der Waals surface area contributed by atoms with Crippen LogP contribution in [0.4, 0.5) is 5.69 Å². The van der Waals surface area contributed by atoms with E-state index in [1.54, 1.807) is 11.9 Å². The number of hydrogen-bond acceptors (Lipinski definition) is 3. The third kappa shape index (κ3) is 3.05. The highest BCUT2D eigenvalue weighted by Crippen LogP contribution is 2.35. The zero-order valence-corrected chi connectivity index (χ0v) is 17.2. The minimum Gasteiger partial charge on any atom is -0.330 e. The van der Waals surface area contributed by atoms with E-state index < -0.39 is 0 Å². The van der Waals surface area contributed by atoms with Gasteiger partial charge in [-0.1, -0.05) is 55.7 Å². The first kappa shape index (κ1) is 18.8. The van der Waals surface area contributed by atoms with Crippen LogP contribution in [0.1, 0.15) is 58.5 Å². The van der Waals surface area contributed by atoms with Crippen LogP contribution in [0.2, 0.25) is 0 Å².